The van der Waals surface area contributed by atoms with E-state index in [2.05, 4.69) is 0 Å². The number of hydrogen-bond acceptors (Lipinski definition) is 4. The van der Waals surface area contributed by atoms with Crippen molar-refractivity contribution in [2.75, 3.05) is 32.4 Å². The molecule has 8 heteroatoms. The molecule has 28 heavy (non-hydrogen) atoms. The monoisotopic (exact) mass is 420 g/mol. The van der Waals surface area contributed by atoms with Crippen LogP contribution in [0, 0.1) is 0 Å². The second-order valence-corrected chi connectivity index (χ2v) is 9.44. The Kier molecular flexibility index (Phi) is 6.05. The molecule has 1 heterocycles. The molecule has 2 aromatic carbocycles. The Labute approximate surface area is 169 Å². The van der Waals surface area contributed by atoms with Gasteiger partial charge in [0.15, 0.2) is 9.84 Å². The van der Waals surface area contributed by atoms with Gasteiger partial charge in [-0.15, -0.1) is 0 Å². The Balaban J connectivity index is 1.63. The summed E-state index contributed by atoms with van der Waals surface area (Å²) in [5, 5.41) is 0.574. The van der Waals surface area contributed by atoms with Crippen LogP contribution < -0.4 is 0 Å². The number of benzene rings is 2. The Hall–Kier alpha value is -2.38. The molecule has 0 aliphatic carbocycles. The predicted octanol–water partition coefficient (Wildman–Crippen LogP) is 2.48. The second kappa shape index (κ2) is 8.32. The van der Waals surface area contributed by atoms with Crippen LogP contribution in [0.3, 0.4) is 0 Å². The third kappa shape index (κ3) is 5.11. The van der Waals surface area contributed by atoms with Crippen LogP contribution >= 0.6 is 11.6 Å². The Bertz CT molecular complexity index is 982. The van der Waals surface area contributed by atoms with Crippen LogP contribution in [0.5, 0.6) is 0 Å². The molecule has 0 aromatic heterocycles. The predicted molar refractivity (Wildman–Crippen MR) is 108 cm³/mol. The number of carbonyl (C=O) groups excluding carboxylic acids is 2. The summed E-state index contributed by atoms with van der Waals surface area (Å²) < 4.78 is 23.0. The van der Waals surface area contributed by atoms with Crippen LogP contribution in [0.1, 0.15) is 26.3 Å². The van der Waals surface area contributed by atoms with E-state index in [1.165, 1.54) is 6.26 Å². The minimum atomic E-state index is -3.17. The molecule has 2 aromatic rings. The molecule has 1 fully saturated rings. The molecule has 3 rings (SSSR count). The molecule has 2 amide bonds. The highest BCUT2D eigenvalue weighted by Gasteiger charge is 2.25. The second-order valence-electron chi connectivity index (χ2n) is 6.86. The van der Waals surface area contributed by atoms with E-state index in [4.69, 9.17) is 11.6 Å². The summed E-state index contributed by atoms with van der Waals surface area (Å²) in [4.78, 5) is 28.7. The molecule has 1 aliphatic heterocycles. The van der Waals surface area contributed by atoms with Gasteiger partial charge in [0.05, 0.1) is 5.75 Å². The largest absolute Gasteiger partial charge is 0.335 e. The fourth-order valence-corrected chi connectivity index (χ4v) is 4.08. The zero-order chi connectivity index (χ0) is 20.3. The minimum absolute atomic E-state index is 0.0843. The van der Waals surface area contributed by atoms with Crippen molar-refractivity contribution >= 4 is 33.3 Å². The summed E-state index contributed by atoms with van der Waals surface area (Å²) in [5.41, 5.74) is 1.61. The smallest absolute Gasteiger partial charge is 0.253 e. The summed E-state index contributed by atoms with van der Waals surface area (Å²) in [6.07, 6.45) is 1.17. The number of carbonyl (C=O) groups is 2. The number of amides is 2. The summed E-state index contributed by atoms with van der Waals surface area (Å²) in [6.45, 7) is 1.73. The van der Waals surface area contributed by atoms with E-state index in [1.54, 1.807) is 58.3 Å². The maximum absolute atomic E-state index is 12.8. The van der Waals surface area contributed by atoms with Crippen LogP contribution in [-0.4, -0.2) is 62.5 Å². The summed E-state index contributed by atoms with van der Waals surface area (Å²) >= 11 is 5.86. The van der Waals surface area contributed by atoms with Gasteiger partial charge >= 0.3 is 0 Å². The van der Waals surface area contributed by atoms with Crippen LogP contribution in [0.15, 0.2) is 48.5 Å². The lowest BCUT2D eigenvalue weighted by Crippen LogP contribution is -2.50. The molecule has 0 bridgehead atoms. The Morgan fingerprint density at radius 1 is 0.893 bits per heavy atom. The average molecular weight is 421 g/mol. The van der Waals surface area contributed by atoms with Crippen molar-refractivity contribution in [1.29, 1.82) is 0 Å². The van der Waals surface area contributed by atoms with Crippen LogP contribution in [0.4, 0.5) is 0 Å². The van der Waals surface area contributed by atoms with Gasteiger partial charge in [0.2, 0.25) is 0 Å². The summed E-state index contributed by atoms with van der Waals surface area (Å²) in [6, 6.07) is 13.4. The highest BCUT2D eigenvalue weighted by molar-refractivity contribution is 7.89. The molecule has 6 nitrogen and oxygen atoms in total. The third-order valence-corrected chi connectivity index (χ3v) is 5.66. The lowest BCUT2D eigenvalue weighted by molar-refractivity contribution is 0.0535. The third-order valence-electron chi connectivity index (χ3n) is 4.55. The molecular weight excluding hydrogens is 400 g/mol. The van der Waals surface area contributed by atoms with Gasteiger partial charge in [-0.2, -0.15) is 0 Å². The zero-order valence-electron chi connectivity index (χ0n) is 15.5. The lowest BCUT2D eigenvalue weighted by Gasteiger charge is -2.35. The first-order chi connectivity index (χ1) is 13.2. The number of hydrogen-bond donors (Lipinski definition) is 0. The van der Waals surface area contributed by atoms with Crippen molar-refractivity contribution in [2.45, 2.75) is 5.75 Å². The standard InChI is InChI=1S/C20H21ClN2O4S/c1-28(26,27)14-15-3-2-4-17(13-15)20(25)23-11-9-22(10-12-23)19(24)16-5-7-18(21)8-6-16/h2-8,13H,9-12,14H2,1H3. The Morgan fingerprint density at radius 3 is 1.96 bits per heavy atom. The maximum atomic E-state index is 12.8. The van der Waals surface area contributed by atoms with Crippen molar-refractivity contribution in [2.24, 2.45) is 0 Å². The minimum Gasteiger partial charge on any atom is -0.335 e. The van der Waals surface area contributed by atoms with Gasteiger partial charge in [-0.1, -0.05) is 23.7 Å². The molecule has 148 valence electrons. The lowest BCUT2D eigenvalue weighted by atomic mass is 10.1. The van der Waals surface area contributed by atoms with Gasteiger partial charge < -0.3 is 9.80 Å². The first-order valence-electron chi connectivity index (χ1n) is 8.84. The molecule has 0 saturated carbocycles. The topological polar surface area (TPSA) is 74.8 Å². The first-order valence-corrected chi connectivity index (χ1v) is 11.3. The molecule has 0 N–H and O–H groups in total. The fraction of sp³-hybridized carbons (Fsp3) is 0.300. The van der Waals surface area contributed by atoms with E-state index in [0.29, 0.717) is 47.9 Å². The molecule has 0 unspecified atom stereocenters. The van der Waals surface area contributed by atoms with Crippen molar-refractivity contribution < 1.29 is 18.0 Å². The first kappa shape index (κ1) is 20.4. The highest BCUT2D eigenvalue weighted by atomic mass is 35.5. The van der Waals surface area contributed by atoms with Crippen molar-refractivity contribution in [3.63, 3.8) is 0 Å². The van der Waals surface area contributed by atoms with Gasteiger partial charge in [0, 0.05) is 48.6 Å². The van der Waals surface area contributed by atoms with Gasteiger partial charge in [0.25, 0.3) is 11.8 Å². The number of piperazine rings is 1. The van der Waals surface area contributed by atoms with E-state index in [-0.39, 0.29) is 17.6 Å². The number of rotatable bonds is 4. The summed E-state index contributed by atoms with van der Waals surface area (Å²) in [5.74, 6) is -0.342. The van der Waals surface area contributed by atoms with Gasteiger partial charge in [-0.3, -0.25) is 9.59 Å². The molecular formula is C20H21ClN2O4S. The quantitative estimate of drug-likeness (QED) is 0.761. The van der Waals surface area contributed by atoms with E-state index >= 15 is 0 Å². The molecule has 1 saturated heterocycles. The summed E-state index contributed by atoms with van der Waals surface area (Å²) in [7, 11) is -3.17. The number of nitrogens with zero attached hydrogens (tertiary/aromatic N) is 2. The zero-order valence-corrected chi connectivity index (χ0v) is 17.0. The van der Waals surface area contributed by atoms with E-state index in [1.807, 2.05) is 0 Å². The molecule has 1 aliphatic rings. The highest BCUT2D eigenvalue weighted by Crippen LogP contribution is 2.16. The number of sulfone groups is 1. The van der Waals surface area contributed by atoms with Gasteiger partial charge in [0.1, 0.15) is 0 Å². The average Bonchev–Trinajstić information content (AvgIpc) is 2.66. The van der Waals surface area contributed by atoms with E-state index < -0.39 is 9.84 Å². The van der Waals surface area contributed by atoms with Crippen LogP contribution in [0.2, 0.25) is 5.02 Å². The van der Waals surface area contributed by atoms with E-state index in [0.717, 1.165) is 0 Å². The van der Waals surface area contributed by atoms with Gasteiger partial charge in [-0.25, -0.2) is 8.42 Å². The van der Waals surface area contributed by atoms with Crippen LogP contribution in [-0.2, 0) is 15.6 Å². The van der Waals surface area contributed by atoms with Crippen molar-refractivity contribution in [3.05, 3.63) is 70.2 Å². The normalized spacial score (nSPS) is 14.8. The van der Waals surface area contributed by atoms with Crippen molar-refractivity contribution in [3.8, 4) is 0 Å². The fourth-order valence-electron chi connectivity index (χ4n) is 3.17. The SMILES string of the molecule is CS(=O)(=O)Cc1cccc(C(=O)N2CCN(C(=O)c3ccc(Cl)cc3)CC2)c1. The van der Waals surface area contributed by atoms with Crippen LogP contribution in [0.25, 0.3) is 0 Å². The van der Waals surface area contributed by atoms with Crippen molar-refractivity contribution in [1.82, 2.24) is 9.80 Å². The van der Waals surface area contributed by atoms with E-state index in [9.17, 15) is 18.0 Å². The maximum Gasteiger partial charge on any atom is 0.253 e. The Morgan fingerprint density at radius 2 is 1.43 bits per heavy atom. The van der Waals surface area contributed by atoms with Gasteiger partial charge in [-0.05, 0) is 42.0 Å². The molecule has 0 atom stereocenters. The molecule has 0 spiro atoms. The molecule has 0 radical (unpaired) electrons. The number of halogens is 1.